The number of hydrogen-bond acceptors (Lipinski definition) is 3. The van der Waals surface area contributed by atoms with Crippen molar-refractivity contribution in [2.45, 2.75) is 72.2 Å². The van der Waals surface area contributed by atoms with Crippen molar-refractivity contribution in [1.29, 1.82) is 0 Å². The molecule has 1 saturated heterocycles. The zero-order chi connectivity index (χ0) is 13.9. The van der Waals surface area contributed by atoms with Gasteiger partial charge in [-0.1, -0.05) is 40.9 Å². The molecule has 1 fully saturated rings. The van der Waals surface area contributed by atoms with Crippen LogP contribution in [0.15, 0.2) is 0 Å². The van der Waals surface area contributed by atoms with Gasteiger partial charge in [-0.25, -0.2) is 0 Å². The molecule has 106 valence electrons. The quantitative estimate of drug-likeness (QED) is 0.564. The first kappa shape index (κ1) is 16.0. The minimum absolute atomic E-state index is 0.190. The lowest BCUT2D eigenvalue weighted by molar-refractivity contribution is -0.221. The Morgan fingerprint density at radius 2 is 1.94 bits per heavy atom. The molecule has 0 bridgehead atoms. The average molecular weight is 256 g/mol. The molecule has 0 aromatic rings. The predicted octanol–water partition coefficient (Wildman–Crippen LogP) is 1.98. The third kappa shape index (κ3) is 3.72. The van der Waals surface area contributed by atoms with E-state index in [9.17, 15) is 10.2 Å². The van der Waals surface area contributed by atoms with E-state index >= 15 is 0 Å². The van der Waals surface area contributed by atoms with Crippen molar-refractivity contribution in [3.8, 4) is 0 Å². The van der Waals surface area contributed by atoms with Crippen molar-refractivity contribution in [2.75, 3.05) is 0 Å². The molecule has 2 N–H and O–H groups in total. The van der Waals surface area contributed by atoms with Crippen molar-refractivity contribution >= 4 is 7.28 Å². The van der Waals surface area contributed by atoms with Crippen LogP contribution < -0.4 is 0 Å². The average Bonchev–Trinajstić information content (AvgIpc) is 2.63. The monoisotopic (exact) mass is 256 g/mol. The summed E-state index contributed by atoms with van der Waals surface area (Å²) in [6.45, 7) is 10.7. The Morgan fingerprint density at radius 1 is 1.33 bits per heavy atom. The van der Waals surface area contributed by atoms with Gasteiger partial charge in [-0.2, -0.15) is 0 Å². The lowest BCUT2D eigenvalue weighted by atomic mass is 9.72. The van der Waals surface area contributed by atoms with E-state index < -0.39 is 12.3 Å². The van der Waals surface area contributed by atoms with Gasteiger partial charge in [-0.15, -0.1) is 0 Å². The summed E-state index contributed by atoms with van der Waals surface area (Å²) in [5.74, 6) is 0.859. The smallest absolute Gasteiger partial charge is 0.160 e. The Balaban J connectivity index is 2.67. The fourth-order valence-electron chi connectivity index (χ4n) is 2.89. The van der Waals surface area contributed by atoms with Crippen LogP contribution in [0.2, 0.25) is 6.32 Å². The maximum absolute atomic E-state index is 10.4. The second-order valence-electron chi connectivity index (χ2n) is 6.78. The predicted molar refractivity (Wildman–Crippen MR) is 75.9 cm³/mol. The second-order valence-corrected chi connectivity index (χ2v) is 6.78. The topological polar surface area (TPSA) is 49.7 Å². The van der Waals surface area contributed by atoms with Crippen LogP contribution in [-0.2, 0) is 4.74 Å². The lowest BCUT2D eigenvalue weighted by Gasteiger charge is -2.40. The van der Waals surface area contributed by atoms with Gasteiger partial charge in [0.2, 0.25) is 0 Å². The van der Waals surface area contributed by atoms with Gasteiger partial charge in [0.05, 0.1) is 12.1 Å². The number of aliphatic hydroxyl groups is 2. The number of aliphatic hydroxyl groups excluding tert-OH is 2. The minimum atomic E-state index is -0.794. The van der Waals surface area contributed by atoms with Crippen LogP contribution in [0, 0.1) is 17.3 Å². The van der Waals surface area contributed by atoms with Crippen LogP contribution in [0.3, 0.4) is 0 Å². The first-order valence-corrected chi connectivity index (χ1v) is 7.29. The molecule has 0 aromatic carbocycles. The Hall–Kier alpha value is -0.0551. The van der Waals surface area contributed by atoms with Crippen molar-refractivity contribution in [1.82, 2.24) is 0 Å². The molecule has 0 radical (unpaired) electrons. The zero-order valence-corrected chi connectivity index (χ0v) is 12.5. The zero-order valence-electron chi connectivity index (χ0n) is 12.5. The highest BCUT2D eigenvalue weighted by Gasteiger charge is 2.40. The van der Waals surface area contributed by atoms with E-state index in [1.54, 1.807) is 0 Å². The third-order valence-electron chi connectivity index (χ3n) is 4.45. The highest BCUT2D eigenvalue weighted by Crippen LogP contribution is 2.39. The molecule has 0 aliphatic carbocycles. The lowest BCUT2D eigenvalue weighted by Crippen LogP contribution is -2.43. The molecule has 1 aliphatic rings. The van der Waals surface area contributed by atoms with Crippen molar-refractivity contribution in [2.24, 2.45) is 17.3 Å². The summed E-state index contributed by atoms with van der Waals surface area (Å²) < 4.78 is 5.76. The van der Waals surface area contributed by atoms with Gasteiger partial charge < -0.3 is 14.9 Å². The maximum Gasteiger partial charge on any atom is 0.160 e. The first-order chi connectivity index (χ1) is 8.27. The first-order valence-electron chi connectivity index (χ1n) is 7.29. The van der Waals surface area contributed by atoms with Gasteiger partial charge in [0.15, 0.2) is 13.6 Å². The summed E-state index contributed by atoms with van der Waals surface area (Å²) in [6, 6.07) is -0.407. The molecule has 1 heterocycles. The SMILES string of the molecule is CC(C)CC(C)(C(C)C)[C@H](O)OC1CCBC1O. The summed E-state index contributed by atoms with van der Waals surface area (Å²) in [4.78, 5) is 0. The van der Waals surface area contributed by atoms with E-state index in [2.05, 4.69) is 34.6 Å². The molecule has 3 unspecified atom stereocenters. The van der Waals surface area contributed by atoms with Crippen LogP contribution in [-0.4, -0.2) is 35.9 Å². The van der Waals surface area contributed by atoms with E-state index in [1.807, 2.05) is 0 Å². The molecular weight excluding hydrogens is 227 g/mol. The summed E-state index contributed by atoms with van der Waals surface area (Å²) in [5, 5.41) is 20.2. The van der Waals surface area contributed by atoms with Crippen LogP contribution in [0.4, 0.5) is 0 Å². The van der Waals surface area contributed by atoms with Gasteiger partial charge >= 0.3 is 0 Å². The molecule has 18 heavy (non-hydrogen) atoms. The molecule has 1 rings (SSSR count). The fourth-order valence-corrected chi connectivity index (χ4v) is 2.89. The normalized spacial score (nSPS) is 29.4. The molecule has 0 amide bonds. The van der Waals surface area contributed by atoms with Crippen molar-refractivity contribution in [3.63, 3.8) is 0 Å². The molecular formula is C14H29BO3. The number of rotatable bonds is 6. The highest BCUT2D eigenvalue weighted by molar-refractivity contribution is 6.38. The molecule has 0 spiro atoms. The van der Waals surface area contributed by atoms with Gasteiger partial charge in [-0.05, 0) is 24.7 Å². The van der Waals surface area contributed by atoms with Gasteiger partial charge in [-0.3, -0.25) is 0 Å². The third-order valence-corrected chi connectivity index (χ3v) is 4.45. The fraction of sp³-hybridized carbons (Fsp3) is 1.00. The van der Waals surface area contributed by atoms with Crippen LogP contribution in [0.25, 0.3) is 0 Å². The molecule has 4 atom stereocenters. The Kier molecular flexibility index (Phi) is 5.69. The summed E-state index contributed by atoms with van der Waals surface area (Å²) in [6.07, 6.45) is 1.78. The van der Waals surface area contributed by atoms with Crippen molar-refractivity contribution in [3.05, 3.63) is 0 Å². The van der Waals surface area contributed by atoms with Crippen molar-refractivity contribution < 1.29 is 14.9 Å². The highest BCUT2D eigenvalue weighted by atomic mass is 16.6. The molecule has 4 heteroatoms. The maximum atomic E-state index is 10.4. The standard InChI is InChI=1S/C14H29BO3/c1-9(2)8-14(5,10(3)4)13(17)18-11-6-7-15-12(11)16/h9-13,15-17H,6-8H2,1-5H3/t11?,12?,13-,14?/m1/s1. The van der Waals surface area contributed by atoms with E-state index in [0.29, 0.717) is 11.8 Å². The summed E-state index contributed by atoms with van der Waals surface area (Å²) >= 11 is 0. The van der Waals surface area contributed by atoms with Gasteiger partial charge in [0.1, 0.15) is 0 Å². The number of hydrogen-bond donors (Lipinski definition) is 2. The second kappa shape index (κ2) is 6.40. The van der Waals surface area contributed by atoms with Gasteiger partial charge in [0.25, 0.3) is 0 Å². The van der Waals surface area contributed by atoms with E-state index in [1.165, 1.54) is 0 Å². The summed E-state index contributed by atoms with van der Waals surface area (Å²) in [5.41, 5.74) is -0.253. The van der Waals surface area contributed by atoms with E-state index in [0.717, 1.165) is 26.4 Å². The van der Waals surface area contributed by atoms with Crippen LogP contribution in [0.5, 0.6) is 0 Å². The Morgan fingerprint density at radius 3 is 2.33 bits per heavy atom. The molecule has 1 aliphatic heterocycles. The molecule has 3 nitrogen and oxygen atoms in total. The minimum Gasteiger partial charge on any atom is -0.399 e. The summed E-state index contributed by atoms with van der Waals surface area (Å²) in [7, 11) is 0.792. The van der Waals surface area contributed by atoms with E-state index in [-0.39, 0.29) is 11.5 Å². The molecule has 0 aromatic heterocycles. The Bertz CT molecular complexity index is 257. The molecule has 0 saturated carbocycles. The van der Waals surface area contributed by atoms with Crippen LogP contribution >= 0.6 is 0 Å². The number of ether oxygens (including phenoxy) is 1. The van der Waals surface area contributed by atoms with E-state index in [4.69, 9.17) is 4.74 Å². The van der Waals surface area contributed by atoms with Crippen LogP contribution in [0.1, 0.15) is 47.5 Å². The Labute approximate surface area is 112 Å². The largest absolute Gasteiger partial charge is 0.399 e. The van der Waals surface area contributed by atoms with Gasteiger partial charge in [0, 0.05) is 5.41 Å².